The summed E-state index contributed by atoms with van der Waals surface area (Å²) in [7, 11) is 0. The second-order valence-electron chi connectivity index (χ2n) is 2.13. The van der Waals surface area contributed by atoms with E-state index in [1.54, 1.807) is 0 Å². The van der Waals surface area contributed by atoms with E-state index >= 15 is 0 Å². The molecule has 4 nitrogen and oxygen atoms in total. The van der Waals surface area contributed by atoms with Gasteiger partial charge in [0.25, 0.3) is 0 Å². The van der Waals surface area contributed by atoms with E-state index in [9.17, 15) is 0 Å². The average Bonchev–Trinajstić information content (AvgIpc) is 2.34. The molecule has 1 atom stereocenters. The van der Waals surface area contributed by atoms with Crippen LogP contribution in [0.3, 0.4) is 0 Å². The Labute approximate surface area is 63.8 Å². The molecular formula is C5H9ClN4. The third kappa shape index (κ3) is 1.46. The highest BCUT2D eigenvalue weighted by Gasteiger charge is 2.06. The molecule has 10 heavy (non-hydrogen) atoms. The molecule has 0 saturated carbocycles. The van der Waals surface area contributed by atoms with Crippen LogP contribution in [0.2, 0.25) is 5.28 Å². The lowest BCUT2D eigenvalue weighted by molar-refractivity contribution is 0.716. The number of hydrogen-bond acceptors (Lipinski definition) is 3. The lowest BCUT2D eigenvalue weighted by atomic mass is 10.2. The van der Waals surface area contributed by atoms with Crippen molar-refractivity contribution < 1.29 is 0 Å². The Kier molecular flexibility index (Phi) is 2.24. The number of nitrogens with two attached hydrogens (primary N) is 1. The van der Waals surface area contributed by atoms with Gasteiger partial charge in [-0.2, -0.15) is 0 Å². The summed E-state index contributed by atoms with van der Waals surface area (Å²) >= 11 is 5.47. The molecule has 0 aromatic carbocycles. The molecule has 0 aliphatic heterocycles. The number of H-pyrrole nitrogens is 1. The fourth-order valence-corrected chi connectivity index (χ4v) is 0.718. The lowest BCUT2D eigenvalue weighted by Crippen LogP contribution is -2.10. The molecule has 0 aliphatic carbocycles. The van der Waals surface area contributed by atoms with Crippen molar-refractivity contribution in [3.63, 3.8) is 0 Å². The zero-order valence-corrected chi connectivity index (χ0v) is 6.39. The van der Waals surface area contributed by atoms with Crippen molar-refractivity contribution in [3.05, 3.63) is 11.1 Å². The van der Waals surface area contributed by atoms with E-state index in [0.717, 1.165) is 5.82 Å². The SMILES string of the molecule is CC(CN)c1nc(Cl)n[nH]1. The van der Waals surface area contributed by atoms with Gasteiger partial charge in [-0.1, -0.05) is 6.92 Å². The van der Waals surface area contributed by atoms with Crippen LogP contribution in [0.4, 0.5) is 0 Å². The van der Waals surface area contributed by atoms with Gasteiger partial charge in [0.05, 0.1) is 0 Å². The maximum absolute atomic E-state index is 5.47. The molecule has 5 heteroatoms. The molecule has 0 radical (unpaired) electrons. The van der Waals surface area contributed by atoms with Crippen LogP contribution in [0.1, 0.15) is 18.7 Å². The lowest BCUT2D eigenvalue weighted by Gasteiger charge is -2.00. The number of nitrogens with zero attached hydrogens (tertiary/aromatic N) is 2. The van der Waals surface area contributed by atoms with Gasteiger partial charge in [-0.15, -0.1) is 5.10 Å². The molecule has 1 rings (SSSR count). The van der Waals surface area contributed by atoms with E-state index in [0.29, 0.717) is 6.54 Å². The molecular weight excluding hydrogens is 152 g/mol. The van der Waals surface area contributed by atoms with Crippen molar-refractivity contribution in [2.45, 2.75) is 12.8 Å². The van der Waals surface area contributed by atoms with Crippen molar-refractivity contribution in [1.82, 2.24) is 15.2 Å². The van der Waals surface area contributed by atoms with Gasteiger partial charge in [-0.25, -0.2) is 4.98 Å². The van der Waals surface area contributed by atoms with Gasteiger partial charge in [0, 0.05) is 12.5 Å². The van der Waals surface area contributed by atoms with Crippen LogP contribution in [0.25, 0.3) is 0 Å². The first-order chi connectivity index (χ1) is 4.74. The molecule has 1 heterocycles. The molecule has 0 bridgehead atoms. The number of hydrogen-bond donors (Lipinski definition) is 2. The van der Waals surface area contributed by atoms with E-state index in [1.807, 2.05) is 6.92 Å². The fourth-order valence-electron chi connectivity index (χ4n) is 0.585. The monoisotopic (exact) mass is 160 g/mol. The topological polar surface area (TPSA) is 67.6 Å². The van der Waals surface area contributed by atoms with Crippen LogP contribution in [-0.2, 0) is 0 Å². The Morgan fingerprint density at radius 3 is 2.90 bits per heavy atom. The Balaban J connectivity index is 2.74. The Hall–Kier alpha value is -0.610. The van der Waals surface area contributed by atoms with Crippen LogP contribution < -0.4 is 5.73 Å². The molecule has 0 fully saturated rings. The Morgan fingerprint density at radius 2 is 2.50 bits per heavy atom. The number of aromatic amines is 1. The van der Waals surface area contributed by atoms with E-state index in [1.165, 1.54) is 0 Å². The summed E-state index contributed by atoms with van der Waals surface area (Å²) in [6, 6.07) is 0. The summed E-state index contributed by atoms with van der Waals surface area (Å²) in [5.41, 5.74) is 5.38. The first-order valence-corrected chi connectivity index (χ1v) is 3.39. The number of rotatable bonds is 2. The molecule has 3 N–H and O–H groups in total. The van der Waals surface area contributed by atoms with E-state index in [4.69, 9.17) is 17.3 Å². The second kappa shape index (κ2) is 2.98. The van der Waals surface area contributed by atoms with Gasteiger partial charge in [0.2, 0.25) is 5.28 Å². The largest absolute Gasteiger partial charge is 0.330 e. The van der Waals surface area contributed by atoms with Gasteiger partial charge < -0.3 is 5.73 Å². The van der Waals surface area contributed by atoms with Crippen LogP contribution in [0, 0.1) is 0 Å². The third-order valence-electron chi connectivity index (χ3n) is 1.30. The maximum atomic E-state index is 5.47. The smallest absolute Gasteiger partial charge is 0.242 e. The molecule has 0 aliphatic rings. The summed E-state index contributed by atoms with van der Waals surface area (Å²) in [6.45, 7) is 2.50. The molecule has 56 valence electrons. The summed E-state index contributed by atoms with van der Waals surface area (Å²) in [4.78, 5) is 3.90. The summed E-state index contributed by atoms with van der Waals surface area (Å²) in [5, 5.41) is 6.59. The van der Waals surface area contributed by atoms with Crippen LogP contribution >= 0.6 is 11.6 Å². The van der Waals surface area contributed by atoms with Crippen molar-refractivity contribution in [2.24, 2.45) is 5.73 Å². The predicted octanol–water partition coefficient (Wildman–Crippen LogP) is 0.520. The van der Waals surface area contributed by atoms with Gasteiger partial charge in [-0.3, -0.25) is 5.10 Å². The average molecular weight is 161 g/mol. The Bertz CT molecular complexity index is 209. The number of halogens is 1. The first-order valence-electron chi connectivity index (χ1n) is 3.02. The van der Waals surface area contributed by atoms with Crippen LogP contribution in [-0.4, -0.2) is 21.7 Å². The maximum Gasteiger partial charge on any atom is 0.242 e. The minimum Gasteiger partial charge on any atom is -0.330 e. The molecule has 0 amide bonds. The van der Waals surface area contributed by atoms with Crippen molar-refractivity contribution >= 4 is 11.6 Å². The molecule has 1 aromatic heterocycles. The first kappa shape index (κ1) is 7.50. The van der Waals surface area contributed by atoms with Crippen molar-refractivity contribution in [1.29, 1.82) is 0 Å². The van der Waals surface area contributed by atoms with Gasteiger partial charge in [0.1, 0.15) is 5.82 Å². The van der Waals surface area contributed by atoms with E-state index < -0.39 is 0 Å². The zero-order chi connectivity index (χ0) is 7.56. The number of nitrogens with one attached hydrogen (secondary N) is 1. The summed E-state index contributed by atoms with van der Waals surface area (Å²) < 4.78 is 0. The zero-order valence-electron chi connectivity index (χ0n) is 5.63. The minimum absolute atomic E-state index is 0.194. The Morgan fingerprint density at radius 1 is 1.80 bits per heavy atom. The second-order valence-corrected chi connectivity index (χ2v) is 2.46. The molecule has 0 spiro atoms. The molecule has 1 unspecified atom stereocenters. The third-order valence-corrected chi connectivity index (χ3v) is 1.46. The highest BCUT2D eigenvalue weighted by Crippen LogP contribution is 2.08. The van der Waals surface area contributed by atoms with Crippen molar-refractivity contribution in [3.8, 4) is 0 Å². The minimum atomic E-state index is 0.194. The predicted molar refractivity (Wildman–Crippen MR) is 38.9 cm³/mol. The molecule has 1 aromatic rings. The van der Waals surface area contributed by atoms with Gasteiger partial charge in [-0.05, 0) is 11.6 Å². The van der Waals surface area contributed by atoms with Crippen LogP contribution in [0.15, 0.2) is 0 Å². The van der Waals surface area contributed by atoms with E-state index in [-0.39, 0.29) is 11.2 Å². The highest BCUT2D eigenvalue weighted by molar-refractivity contribution is 6.28. The normalized spacial score (nSPS) is 13.5. The quantitative estimate of drug-likeness (QED) is 0.663. The standard InChI is InChI=1S/C5H9ClN4/c1-3(2-7)4-8-5(6)10-9-4/h3H,2,7H2,1H3,(H,8,9,10). The van der Waals surface area contributed by atoms with Crippen LogP contribution in [0.5, 0.6) is 0 Å². The van der Waals surface area contributed by atoms with E-state index in [2.05, 4.69) is 15.2 Å². The molecule has 0 saturated heterocycles. The summed E-state index contributed by atoms with van der Waals surface area (Å²) in [6.07, 6.45) is 0. The van der Waals surface area contributed by atoms with Crippen molar-refractivity contribution in [2.75, 3.05) is 6.54 Å². The highest BCUT2D eigenvalue weighted by atomic mass is 35.5. The van der Waals surface area contributed by atoms with Gasteiger partial charge in [0.15, 0.2) is 0 Å². The summed E-state index contributed by atoms with van der Waals surface area (Å²) in [5.74, 6) is 0.937. The number of aromatic nitrogens is 3. The van der Waals surface area contributed by atoms with Gasteiger partial charge >= 0.3 is 0 Å². The fraction of sp³-hybridized carbons (Fsp3) is 0.600.